The molecule has 6 nitrogen and oxygen atoms in total. The van der Waals surface area contributed by atoms with Gasteiger partial charge in [0.2, 0.25) is 0 Å². The molecule has 2 fully saturated rings. The predicted molar refractivity (Wildman–Crippen MR) is 105 cm³/mol. The van der Waals surface area contributed by atoms with Gasteiger partial charge in [-0.05, 0) is 38.3 Å². The van der Waals surface area contributed by atoms with Crippen LogP contribution in [-0.4, -0.2) is 74.9 Å². The Balaban J connectivity index is 1.48. The third kappa shape index (κ3) is 5.04. The van der Waals surface area contributed by atoms with Crippen molar-refractivity contribution in [3.63, 3.8) is 0 Å². The highest BCUT2D eigenvalue weighted by Gasteiger charge is 2.32. The van der Waals surface area contributed by atoms with Crippen LogP contribution >= 0.6 is 0 Å². The zero-order valence-corrected chi connectivity index (χ0v) is 16.8. The topological polar surface area (TPSA) is 55.9 Å². The Morgan fingerprint density at radius 2 is 1.65 bits per heavy atom. The Hall–Kier alpha value is -0.990. The number of likely N-dealkylation sites (N-methyl/N-ethyl adjacent to an activating group) is 1. The van der Waals surface area contributed by atoms with Crippen LogP contribution < -0.4 is 4.72 Å². The van der Waals surface area contributed by atoms with Crippen LogP contribution in [0.5, 0.6) is 0 Å². The largest absolute Gasteiger partial charge is 0.304 e. The standard InChI is InChI=1S/C19H32N4O2S/c1-17(22-14-12-21(2)13-15-22)19-8-10-23(11-9-19)26(24,25)20-16-18-6-4-3-5-7-18/h3-7,17,19-20H,8-16H2,1-2H3/t17-/m0/s1. The van der Waals surface area contributed by atoms with Gasteiger partial charge in [0.15, 0.2) is 0 Å². The van der Waals surface area contributed by atoms with Crippen molar-refractivity contribution in [1.82, 2.24) is 18.8 Å². The fraction of sp³-hybridized carbons (Fsp3) is 0.684. The fourth-order valence-electron chi connectivity index (χ4n) is 3.99. The number of rotatable bonds is 6. The van der Waals surface area contributed by atoms with Crippen LogP contribution in [0.4, 0.5) is 0 Å². The molecule has 1 atom stereocenters. The lowest BCUT2D eigenvalue weighted by Gasteiger charge is -2.42. The van der Waals surface area contributed by atoms with Gasteiger partial charge in [-0.1, -0.05) is 30.3 Å². The van der Waals surface area contributed by atoms with Crippen molar-refractivity contribution in [3.05, 3.63) is 35.9 Å². The summed E-state index contributed by atoms with van der Waals surface area (Å²) in [6, 6.07) is 10.2. The first-order valence-electron chi connectivity index (χ1n) is 9.67. The molecule has 2 aliphatic heterocycles. The number of nitrogens with zero attached hydrogens (tertiary/aromatic N) is 3. The van der Waals surface area contributed by atoms with Gasteiger partial charge >= 0.3 is 0 Å². The average Bonchev–Trinajstić information content (AvgIpc) is 2.67. The van der Waals surface area contributed by atoms with E-state index in [1.54, 1.807) is 4.31 Å². The summed E-state index contributed by atoms with van der Waals surface area (Å²) in [5.41, 5.74) is 0.981. The van der Waals surface area contributed by atoms with Gasteiger partial charge in [0.05, 0.1) is 0 Å². The van der Waals surface area contributed by atoms with Gasteiger partial charge in [-0.2, -0.15) is 17.4 Å². The summed E-state index contributed by atoms with van der Waals surface area (Å²) in [5.74, 6) is 0.582. The molecule has 1 aromatic rings. The van der Waals surface area contributed by atoms with E-state index in [1.165, 1.54) is 0 Å². The minimum absolute atomic E-state index is 0.348. The van der Waals surface area contributed by atoms with E-state index in [4.69, 9.17) is 0 Å². The summed E-state index contributed by atoms with van der Waals surface area (Å²) in [5, 5.41) is 0. The maximum Gasteiger partial charge on any atom is 0.279 e. The van der Waals surface area contributed by atoms with Crippen molar-refractivity contribution in [3.8, 4) is 0 Å². The quantitative estimate of drug-likeness (QED) is 0.810. The Bertz CT molecular complexity index is 651. The van der Waals surface area contributed by atoms with Crippen molar-refractivity contribution in [2.45, 2.75) is 32.4 Å². The molecule has 26 heavy (non-hydrogen) atoms. The van der Waals surface area contributed by atoms with Crippen LogP contribution in [0.1, 0.15) is 25.3 Å². The van der Waals surface area contributed by atoms with Gasteiger partial charge in [-0.3, -0.25) is 4.90 Å². The number of benzene rings is 1. The maximum atomic E-state index is 12.6. The molecule has 0 spiro atoms. The van der Waals surface area contributed by atoms with E-state index in [9.17, 15) is 8.42 Å². The summed E-state index contributed by atoms with van der Waals surface area (Å²) >= 11 is 0. The van der Waals surface area contributed by atoms with Gasteiger partial charge in [0, 0.05) is 51.9 Å². The molecule has 0 aromatic heterocycles. The van der Waals surface area contributed by atoms with Crippen molar-refractivity contribution < 1.29 is 8.42 Å². The highest BCUT2D eigenvalue weighted by atomic mass is 32.2. The van der Waals surface area contributed by atoms with Gasteiger partial charge in [-0.25, -0.2) is 0 Å². The number of piperidine rings is 1. The van der Waals surface area contributed by atoms with E-state index < -0.39 is 10.2 Å². The monoisotopic (exact) mass is 380 g/mol. The van der Waals surface area contributed by atoms with E-state index in [2.05, 4.69) is 28.5 Å². The smallest absolute Gasteiger partial charge is 0.279 e. The molecule has 0 aliphatic carbocycles. The lowest BCUT2D eigenvalue weighted by Crippen LogP contribution is -2.52. The maximum absolute atomic E-state index is 12.6. The zero-order valence-electron chi connectivity index (χ0n) is 16.0. The van der Waals surface area contributed by atoms with Crippen LogP contribution in [0.25, 0.3) is 0 Å². The number of hydrogen-bond acceptors (Lipinski definition) is 4. The third-order valence-corrected chi connectivity index (χ3v) is 7.49. The summed E-state index contributed by atoms with van der Waals surface area (Å²) in [6.07, 6.45) is 1.89. The Morgan fingerprint density at radius 3 is 2.27 bits per heavy atom. The zero-order chi connectivity index (χ0) is 18.6. The third-order valence-electron chi connectivity index (χ3n) is 5.94. The minimum Gasteiger partial charge on any atom is -0.304 e. The van der Waals surface area contributed by atoms with Crippen molar-refractivity contribution >= 4 is 10.2 Å². The molecular weight excluding hydrogens is 348 g/mol. The van der Waals surface area contributed by atoms with Crippen LogP contribution in [0.15, 0.2) is 30.3 Å². The minimum atomic E-state index is -3.40. The molecule has 3 rings (SSSR count). The van der Waals surface area contributed by atoms with Crippen molar-refractivity contribution in [1.29, 1.82) is 0 Å². The molecule has 0 bridgehead atoms. The Morgan fingerprint density at radius 1 is 1.04 bits per heavy atom. The van der Waals surface area contributed by atoms with E-state index in [0.717, 1.165) is 44.6 Å². The van der Waals surface area contributed by atoms with Gasteiger partial charge < -0.3 is 4.90 Å². The van der Waals surface area contributed by atoms with E-state index in [1.807, 2.05) is 30.3 Å². The molecular formula is C19H32N4O2S. The first-order chi connectivity index (χ1) is 12.5. The molecule has 2 heterocycles. The molecule has 1 N–H and O–H groups in total. The van der Waals surface area contributed by atoms with Crippen molar-refractivity contribution in [2.24, 2.45) is 5.92 Å². The van der Waals surface area contributed by atoms with Crippen LogP contribution in [-0.2, 0) is 16.8 Å². The lowest BCUT2D eigenvalue weighted by molar-refractivity contribution is 0.0720. The van der Waals surface area contributed by atoms with Gasteiger partial charge in [0.1, 0.15) is 0 Å². The second kappa shape index (κ2) is 8.80. The molecule has 0 unspecified atom stereocenters. The highest BCUT2D eigenvalue weighted by Crippen LogP contribution is 2.25. The van der Waals surface area contributed by atoms with E-state index in [0.29, 0.717) is 31.6 Å². The summed E-state index contributed by atoms with van der Waals surface area (Å²) in [6.45, 7) is 8.39. The molecule has 0 saturated carbocycles. The molecule has 146 valence electrons. The SMILES string of the molecule is C[C@@H](C1CCN(S(=O)(=O)NCc2ccccc2)CC1)N1CCN(C)CC1. The van der Waals surface area contributed by atoms with Crippen LogP contribution in [0, 0.1) is 5.92 Å². The lowest BCUT2D eigenvalue weighted by atomic mass is 9.90. The van der Waals surface area contributed by atoms with Crippen molar-refractivity contribution in [2.75, 3.05) is 46.3 Å². The second-order valence-electron chi connectivity index (χ2n) is 7.63. The molecule has 2 aliphatic rings. The number of nitrogens with one attached hydrogen (secondary N) is 1. The van der Waals surface area contributed by atoms with E-state index >= 15 is 0 Å². The molecule has 1 aromatic carbocycles. The highest BCUT2D eigenvalue weighted by molar-refractivity contribution is 7.87. The second-order valence-corrected chi connectivity index (χ2v) is 9.38. The predicted octanol–water partition coefficient (Wildman–Crippen LogP) is 1.37. The van der Waals surface area contributed by atoms with Crippen LogP contribution in [0.3, 0.4) is 0 Å². The number of piperazine rings is 1. The normalized spacial score (nSPS) is 23.2. The van der Waals surface area contributed by atoms with Crippen LogP contribution in [0.2, 0.25) is 0 Å². The van der Waals surface area contributed by atoms with E-state index in [-0.39, 0.29) is 0 Å². The fourth-order valence-corrected chi connectivity index (χ4v) is 5.21. The Kier molecular flexibility index (Phi) is 6.69. The Labute approximate surface area is 158 Å². The summed E-state index contributed by atoms with van der Waals surface area (Å²) in [4.78, 5) is 4.94. The first kappa shape index (κ1) is 19.8. The first-order valence-corrected chi connectivity index (χ1v) is 11.1. The number of hydrogen-bond donors (Lipinski definition) is 1. The summed E-state index contributed by atoms with van der Waals surface area (Å²) < 4.78 is 29.5. The van der Waals surface area contributed by atoms with Gasteiger partial charge in [-0.15, -0.1) is 0 Å². The van der Waals surface area contributed by atoms with Gasteiger partial charge in [0.25, 0.3) is 10.2 Å². The summed E-state index contributed by atoms with van der Waals surface area (Å²) in [7, 11) is -1.23. The average molecular weight is 381 g/mol. The molecule has 7 heteroatoms. The molecule has 0 amide bonds. The molecule has 0 radical (unpaired) electrons. The molecule has 2 saturated heterocycles.